The van der Waals surface area contributed by atoms with Crippen LogP contribution in [0.2, 0.25) is 0 Å². The Morgan fingerprint density at radius 1 is 0.345 bits per heavy atom. The minimum atomic E-state index is -0.777. The first kappa shape index (κ1) is 52.1. The van der Waals surface area contributed by atoms with Crippen LogP contribution >= 0.6 is 0 Å². The van der Waals surface area contributed by atoms with Gasteiger partial charge in [-0.2, -0.15) is 0 Å². The van der Waals surface area contributed by atoms with Crippen LogP contribution in [0.1, 0.15) is 41.4 Å². The van der Waals surface area contributed by atoms with Crippen LogP contribution in [0.5, 0.6) is 46.0 Å². The molecule has 11 aromatic carbocycles. The van der Waals surface area contributed by atoms with Gasteiger partial charge in [-0.25, -0.2) is 0 Å². The van der Waals surface area contributed by atoms with Crippen molar-refractivity contribution in [3.05, 3.63) is 216 Å². The Morgan fingerprint density at radius 3 is 0.833 bits per heavy atom. The monoisotopic (exact) mass is 1110 g/mol. The summed E-state index contributed by atoms with van der Waals surface area (Å²) in [4.78, 5) is 95.4. The van der Waals surface area contributed by atoms with E-state index in [1.165, 1.54) is 0 Å². The van der Waals surface area contributed by atoms with Gasteiger partial charge in [0.05, 0.1) is 22.3 Å². The Labute approximate surface area is 480 Å². The highest BCUT2D eigenvalue weighted by molar-refractivity contribution is 6.45. The van der Waals surface area contributed by atoms with Crippen molar-refractivity contribution >= 4 is 101 Å². The number of benzene rings is 11. The van der Waals surface area contributed by atoms with Crippen LogP contribution in [0.25, 0.3) is 43.1 Å². The largest absolute Gasteiger partial charge is 0.457 e. The molecule has 0 unspecified atom stereocenters. The lowest BCUT2D eigenvalue weighted by Gasteiger charge is -2.32. The van der Waals surface area contributed by atoms with E-state index in [1.807, 2.05) is 86.5 Å². The fourth-order valence-corrected chi connectivity index (χ4v) is 11.1. The molecule has 0 atom stereocenters. The van der Waals surface area contributed by atoms with Crippen molar-refractivity contribution < 1.29 is 47.7 Å². The zero-order valence-electron chi connectivity index (χ0n) is 45.8. The molecule has 0 aliphatic carbocycles. The average molecular weight is 1110 g/mol. The molecule has 2 aliphatic rings. The standard InChI is InChI=1S/C68H50N6O10/c1-71(2)41-29-25-39(26-30-41)69-55(75)37-73-65(77)47-33-51(81-43-17-9-5-10-18-43)59-61-53(83-45-21-13-7-14-22-45)35-49-58-50(68(80)74(67(49)79)38-56(76)70-40-27-31-42(32-28-40)72(3)4)36-54(84-46-23-15-8-16-24-46)62(64(58)61)60-52(82-44-19-11-6-12-20-44)34-48(66(73)78)57(47)63(59)60/h5-36H,37-38H2,1-4H3,(H,69,75)(H,70,76). The van der Waals surface area contributed by atoms with Crippen molar-refractivity contribution in [2.75, 3.05) is 61.7 Å². The Balaban J connectivity index is 1.10. The SMILES string of the molecule is CN(C)c1ccc(NC(=O)CN2C(=O)c3cc(Oc4ccccc4)c4c5c(Oc6ccccc6)cc6c7c(cc(Oc8ccccc8)c(c8c(Oc9ccccc9)cc(c3c48)C2=O)c75)C(=O)N(CC(=O)Nc2ccc(N(C)C)cc2)C6=O)cc1. The van der Waals surface area contributed by atoms with E-state index in [2.05, 4.69) is 10.6 Å². The summed E-state index contributed by atoms with van der Waals surface area (Å²) < 4.78 is 27.8. The summed E-state index contributed by atoms with van der Waals surface area (Å²) in [6.45, 7) is -1.30. The average Bonchev–Trinajstić information content (AvgIpc) is 0.742. The minimum absolute atomic E-state index is 0.0305. The normalized spacial score (nSPS) is 12.8. The van der Waals surface area contributed by atoms with Gasteiger partial charge in [0.15, 0.2) is 0 Å². The number of hydrogen-bond acceptors (Lipinski definition) is 12. The third-order valence-corrected chi connectivity index (χ3v) is 14.9. The lowest BCUT2D eigenvalue weighted by atomic mass is 9.80. The van der Waals surface area contributed by atoms with Gasteiger partial charge >= 0.3 is 0 Å². The third-order valence-electron chi connectivity index (χ3n) is 14.9. The van der Waals surface area contributed by atoms with Gasteiger partial charge in [-0.1, -0.05) is 72.8 Å². The van der Waals surface area contributed by atoms with Crippen molar-refractivity contribution in [2.24, 2.45) is 0 Å². The first-order chi connectivity index (χ1) is 40.8. The summed E-state index contributed by atoms with van der Waals surface area (Å²) in [6.07, 6.45) is 0. The molecule has 2 N–H and O–H groups in total. The predicted octanol–water partition coefficient (Wildman–Crippen LogP) is 13.5. The van der Waals surface area contributed by atoms with Crippen LogP contribution in [0.4, 0.5) is 22.7 Å². The number of ether oxygens (including phenoxy) is 4. The van der Waals surface area contributed by atoms with Gasteiger partial charge in [0.1, 0.15) is 59.1 Å². The molecule has 16 heteroatoms. The number of nitrogens with zero attached hydrogens (tertiary/aromatic N) is 4. The molecule has 13 rings (SSSR count). The van der Waals surface area contributed by atoms with Crippen LogP contribution in [0.15, 0.2) is 194 Å². The molecule has 0 fully saturated rings. The molecule has 2 aliphatic heterocycles. The van der Waals surface area contributed by atoms with Gasteiger partial charge in [-0.05, 0) is 121 Å². The number of nitrogens with one attached hydrogen (secondary N) is 2. The van der Waals surface area contributed by atoms with E-state index < -0.39 is 48.5 Å². The number of anilines is 4. The van der Waals surface area contributed by atoms with E-state index in [4.69, 9.17) is 18.9 Å². The summed E-state index contributed by atoms with van der Waals surface area (Å²) in [5.74, 6) is -2.42. The Hall–Kier alpha value is -11.3. The lowest BCUT2D eigenvalue weighted by molar-refractivity contribution is -0.117. The third kappa shape index (κ3) is 9.26. The Kier molecular flexibility index (Phi) is 13.0. The second kappa shape index (κ2) is 21.0. The first-order valence-electron chi connectivity index (χ1n) is 26.9. The lowest BCUT2D eigenvalue weighted by Crippen LogP contribution is -2.45. The molecule has 0 spiro atoms. The minimum Gasteiger partial charge on any atom is -0.457 e. The molecule has 0 saturated heterocycles. The Morgan fingerprint density at radius 2 is 0.595 bits per heavy atom. The second-order valence-electron chi connectivity index (χ2n) is 20.7. The van der Waals surface area contributed by atoms with Crippen molar-refractivity contribution in [3.8, 4) is 46.0 Å². The van der Waals surface area contributed by atoms with Crippen LogP contribution < -0.4 is 39.4 Å². The molecule has 0 saturated carbocycles. The zero-order valence-corrected chi connectivity index (χ0v) is 45.8. The van der Waals surface area contributed by atoms with Crippen LogP contribution in [-0.4, -0.2) is 86.5 Å². The van der Waals surface area contributed by atoms with Gasteiger partial charge in [0.25, 0.3) is 23.6 Å². The van der Waals surface area contributed by atoms with Gasteiger partial charge in [-0.3, -0.25) is 38.6 Å². The van der Waals surface area contributed by atoms with Gasteiger partial charge in [0, 0.05) is 94.0 Å². The molecule has 2 heterocycles. The smallest absolute Gasteiger partial charge is 0.262 e. The number of fused-ring (bicyclic) bond motifs is 2. The number of para-hydroxylation sites is 4. The van der Waals surface area contributed by atoms with E-state index in [0.29, 0.717) is 66.7 Å². The Bertz CT molecular complexity index is 3990. The maximum absolute atomic E-state index is 15.4. The number of carbonyl (C=O) groups excluding carboxylic acids is 6. The molecule has 6 amide bonds. The molecular weight excluding hydrogens is 1060 g/mol. The molecule has 0 aromatic heterocycles. The molecule has 11 aromatic rings. The highest BCUT2D eigenvalue weighted by Crippen LogP contribution is 2.58. The van der Waals surface area contributed by atoms with Crippen molar-refractivity contribution in [2.45, 2.75) is 0 Å². The zero-order chi connectivity index (χ0) is 57.9. The number of hydrogen-bond donors (Lipinski definition) is 2. The number of imide groups is 2. The molecule has 16 nitrogen and oxygen atoms in total. The highest BCUT2D eigenvalue weighted by Gasteiger charge is 2.42. The summed E-state index contributed by atoms with van der Waals surface area (Å²) in [5, 5.41) is 7.99. The molecule has 0 radical (unpaired) electrons. The van der Waals surface area contributed by atoms with Crippen molar-refractivity contribution in [3.63, 3.8) is 0 Å². The number of rotatable bonds is 16. The molecular formula is C68H50N6O10. The number of carbonyl (C=O) groups is 6. The van der Waals surface area contributed by atoms with Crippen LogP contribution in [0.3, 0.4) is 0 Å². The van der Waals surface area contributed by atoms with Crippen molar-refractivity contribution in [1.29, 1.82) is 0 Å². The van der Waals surface area contributed by atoms with Crippen molar-refractivity contribution in [1.82, 2.24) is 9.80 Å². The molecule has 0 bridgehead atoms. The van der Waals surface area contributed by atoms with E-state index >= 15 is 19.2 Å². The summed E-state index contributed by atoms with van der Waals surface area (Å²) in [5.41, 5.74) is 2.85. The predicted molar refractivity (Wildman–Crippen MR) is 323 cm³/mol. The number of amides is 6. The van der Waals surface area contributed by atoms with E-state index in [0.717, 1.165) is 21.2 Å². The van der Waals surface area contributed by atoms with E-state index in [-0.39, 0.29) is 56.0 Å². The van der Waals surface area contributed by atoms with Crippen LogP contribution in [0, 0.1) is 0 Å². The second-order valence-corrected chi connectivity index (χ2v) is 20.7. The van der Waals surface area contributed by atoms with Gasteiger partial charge < -0.3 is 39.4 Å². The molecule has 84 heavy (non-hydrogen) atoms. The first-order valence-corrected chi connectivity index (χ1v) is 26.9. The fraction of sp³-hybridized carbons (Fsp3) is 0.0882. The summed E-state index contributed by atoms with van der Waals surface area (Å²) in [6, 6.07) is 56.1. The molecule has 412 valence electrons. The summed E-state index contributed by atoms with van der Waals surface area (Å²) in [7, 11) is 7.60. The van der Waals surface area contributed by atoms with Gasteiger partial charge in [-0.15, -0.1) is 0 Å². The van der Waals surface area contributed by atoms with Gasteiger partial charge in [0.2, 0.25) is 11.8 Å². The topological polar surface area (TPSA) is 176 Å². The maximum Gasteiger partial charge on any atom is 0.262 e. The quantitative estimate of drug-likeness (QED) is 0.0533. The highest BCUT2D eigenvalue weighted by atomic mass is 16.5. The maximum atomic E-state index is 15.4. The fourth-order valence-electron chi connectivity index (χ4n) is 11.1. The van der Waals surface area contributed by atoms with E-state index in [1.54, 1.807) is 146 Å². The van der Waals surface area contributed by atoms with E-state index in [9.17, 15) is 9.59 Å². The summed E-state index contributed by atoms with van der Waals surface area (Å²) >= 11 is 0. The van der Waals surface area contributed by atoms with Crippen LogP contribution in [-0.2, 0) is 9.59 Å².